The van der Waals surface area contributed by atoms with E-state index in [1.807, 2.05) is 0 Å². The van der Waals surface area contributed by atoms with Gasteiger partial charge in [-0.1, -0.05) is 186 Å². The second-order valence-electron chi connectivity index (χ2n) is 19.1. The molecular formula is C61H49NO. The van der Waals surface area contributed by atoms with Crippen LogP contribution in [-0.2, 0) is 16.2 Å². The third kappa shape index (κ3) is 5.13. The van der Waals surface area contributed by atoms with Crippen LogP contribution in [0.15, 0.2) is 198 Å². The first-order valence-electron chi connectivity index (χ1n) is 22.4. The van der Waals surface area contributed by atoms with E-state index in [9.17, 15) is 0 Å². The zero-order valence-corrected chi connectivity index (χ0v) is 36.8. The van der Waals surface area contributed by atoms with Gasteiger partial charge in [-0.2, -0.15) is 0 Å². The highest BCUT2D eigenvalue weighted by Crippen LogP contribution is 2.62. The van der Waals surface area contributed by atoms with E-state index in [2.05, 4.69) is 235 Å². The van der Waals surface area contributed by atoms with Crippen LogP contribution in [0.25, 0.3) is 44.2 Å². The number of hydrogen-bond acceptors (Lipinski definition) is 2. The molecule has 9 aromatic rings. The fraction of sp³-hybridized carbons (Fsp3) is 0.148. The standard InChI is InChI=1S/C61H49NO/c1-7-48-56(44-32-30-40(59(2,3)4)36-50(44)60(48,5)6)55-45-25-15-18-28-52(45)62(58-47(55)34-35-54-57(58)46-26-16-19-29-53(46)63-54)41-31-33-43-42-24-14-17-27-49(42)61(51(43)37-41,38-20-10-8-11-21-38)39-22-12-9-13-23-39/h7-37H,1-6H3/b48-7+,56-55-. The van der Waals surface area contributed by atoms with Gasteiger partial charge in [-0.3, -0.25) is 0 Å². The van der Waals surface area contributed by atoms with Crippen LogP contribution in [0, 0.1) is 0 Å². The zero-order chi connectivity index (χ0) is 42.8. The van der Waals surface area contributed by atoms with Gasteiger partial charge in [0.2, 0.25) is 0 Å². The third-order valence-corrected chi connectivity index (χ3v) is 14.4. The number of furan rings is 1. The molecule has 0 unspecified atom stereocenters. The van der Waals surface area contributed by atoms with Crippen LogP contribution in [0.1, 0.15) is 91.6 Å². The lowest BCUT2D eigenvalue weighted by Crippen LogP contribution is -2.29. The predicted molar refractivity (Wildman–Crippen MR) is 264 cm³/mol. The quantitative estimate of drug-likeness (QED) is 0.177. The van der Waals surface area contributed by atoms with Gasteiger partial charge in [-0.25, -0.2) is 0 Å². The summed E-state index contributed by atoms with van der Waals surface area (Å²) in [6.07, 6.45) is 2.37. The van der Waals surface area contributed by atoms with E-state index in [4.69, 9.17) is 4.42 Å². The molecule has 0 N–H and O–H groups in total. The Morgan fingerprint density at radius 3 is 1.86 bits per heavy atom. The first-order chi connectivity index (χ1) is 30.6. The minimum absolute atomic E-state index is 0.0332. The number of anilines is 3. The lowest BCUT2D eigenvalue weighted by atomic mass is 9.67. The van der Waals surface area contributed by atoms with Crippen LogP contribution < -0.4 is 4.90 Å². The molecule has 3 aliphatic rings. The van der Waals surface area contributed by atoms with Crippen molar-refractivity contribution in [3.05, 3.63) is 244 Å². The summed E-state index contributed by atoms with van der Waals surface area (Å²) in [7, 11) is 0. The van der Waals surface area contributed by atoms with Gasteiger partial charge in [0, 0.05) is 33.2 Å². The molecular weight excluding hydrogens is 763 g/mol. The highest BCUT2D eigenvalue weighted by Gasteiger charge is 2.47. The molecule has 0 saturated carbocycles. The number of nitrogens with zero attached hydrogens (tertiary/aromatic N) is 1. The molecule has 1 aliphatic heterocycles. The molecule has 0 saturated heterocycles. The fourth-order valence-electron chi connectivity index (χ4n) is 11.6. The van der Waals surface area contributed by atoms with E-state index in [0.29, 0.717) is 0 Å². The monoisotopic (exact) mass is 811 g/mol. The SMILES string of the molecule is C/C=C1\C(=C2\c3ccccc3N(c3ccc4c(c3)C(c3ccccc3)(c3ccccc3)c3ccccc3-4)c3c2ccc2oc4ccccc4c32)c2ccc(C(C)(C)C)cc2C1(C)C. The van der Waals surface area contributed by atoms with Crippen molar-refractivity contribution < 1.29 is 4.42 Å². The van der Waals surface area contributed by atoms with Crippen LogP contribution in [0.3, 0.4) is 0 Å². The van der Waals surface area contributed by atoms with Gasteiger partial charge in [-0.05, 0) is 110 Å². The van der Waals surface area contributed by atoms with E-state index in [0.717, 1.165) is 39.0 Å². The minimum atomic E-state index is -0.532. The van der Waals surface area contributed by atoms with E-state index >= 15 is 0 Å². The fourth-order valence-corrected chi connectivity index (χ4v) is 11.6. The molecule has 2 nitrogen and oxygen atoms in total. The van der Waals surface area contributed by atoms with E-state index in [1.165, 1.54) is 77.9 Å². The first-order valence-corrected chi connectivity index (χ1v) is 22.4. The molecule has 0 atom stereocenters. The molecule has 12 rings (SSSR count). The first kappa shape index (κ1) is 37.6. The normalized spacial score (nSPS) is 17.4. The van der Waals surface area contributed by atoms with Gasteiger partial charge in [0.15, 0.2) is 0 Å². The van der Waals surface area contributed by atoms with Gasteiger partial charge in [0.05, 0.1) is 22.2 Å². The molecule has 2 heteroatoms. The Morgan fingerprint density at radius 2 is 1.13 bits per heavy atom. The van der Waals surface area contributed by atoms with Gasteiger partial charge in [0.25, 0.3) is 0 Å². The number of hydrogen-bond donors (Lipinski definition) is 0. The summed E-state index contributed by atoms with van der Waals surface area (Å²) in [5, 5.41) is 2.24. The molecule has 0 amide bonds. The van der Waals surface area contributed by atoms with Gasteiger partial charge in [0.1, 0.15) is 11.2 Å². The van der Waals surface area contributed by atoms with Crippen molar-refractivity contribution in [3.63, 3.8) is 0 Å². The Labute approximate surface area is 370 Å². The van der Waals surface area contributed by atoms with Crippen LogP contribution in [0.4, 0.5) is 17.1 Å². The number of benzene rings is 8. The summed E-state index contributed by atoms with van der Waals surface area (Å²) in [6, 6.07) is 67.8. The Hall–Kier alpha value is -7.16. The molecule has 0 bridgehead atoms. The minimum Gasteiger partial charge on any atom is -0.456 e. The molecule has 8 aromatic carbocycles. The van der Waals surface area contributed by atoms with Crippen molar-refractivity contribution in [1.29, 1.82) is 0 Å². The second kappa shape index (κ2) is 13.4. The summed E-state index contributed by atoms with van der Waals surface area (Å²) >= 11 is 0. The van der Waals surface area contributed by atoms with Gasteiger partial charge in [-0.15, -0.1) is 0 Å². The Bertz CT molecular complexity index is 3370. The predicted octanol–water partition coefficient (Wildman–Crippen LogP) is 16.2. The molecule has 0 fully saturated rings. The van der Waals surface area contributed by atoms with Crippen LogP contribution in [0.2, 0.25) is 0 Å². The maximum Gasteiger partial charge on any atom is 0.137 e. The summed E-state index contributed by atoms with van der Waals surface area (Å²) in [5.74, 6) is 0. The van der Waals surface area contributed by atoms with Crippen LogP contribution in [-0.4, -0.2) is 0 Å². The van der Waals surface area contributed by atoms with Crippen molar-refractivity contribution in [2.75, 3.05) is 4.90 Å². The average Bonchev–Trinajstić information content (AvgIpc) is 3.91. The molecule has 0 radical (unpaired) electrons. The van der Waals surface area contributed by atoms with Crippen molar-refractivity contribution in [1.82, 2.24) is 0 Å². The second-order valence-corrected chi connectivity index (χ2v) is 19.1. The maximum absolute atomic E-state index is 6.74. The molecule has 63 heavy (non-hydrogen) atoms. The summed E-state index contributed by atoms with van der Waals surface area (Å²) in [6.45, 7) is 14.0. The van der Waals surface area contributed by atoms with Crippen molar-refractivity contribution in [3.8, 4) is 11.1 Å². The van der Waals surface area contributed by atoms with Crippen molar-refractivity contribution >= 4 is 50.1 Å². The average molecular weight is 812 g/mol. The topological polar surface area (TPSA) is 16.4 Å². The van der Waals surface area contributed by atoms with Crippen LogP contribution >= 0.6 is 0 Å². The van der Waals surface area contributed by atoms with Gasteiger partial charge < -0.3 is 9.32 Å². The summed E-state index contributed by atoms with van der Waals surface area (Å²) in [4.78, 5) is 2.54. The smallest absolute Gasteiger partial charge is 0.137 e. The Kier molecular flexibility index (Phi) is 8.01. The number of fused-ring (bicyclic) bond motifs is 10. The molecule has 2 aliphatic carbocycles. The molecule has 1 aromatic heterocycles. The molecule has 0 spiro atoms. The van der Waals surface area contributed by atoms with Crippen LogP contribution in [0.5, 0.6) is 0 Å². The van der Waals surface area contributed by atoms with E-state index in [1.54, 1.807) is 0 Å². The van der Waals surface area contributed by atoms with Crippen molar-refractivity contribution in [2.45, 2.75) is 57.8 Å². The number of rotatable bonds is 3. The zero-order valence-electron chi connectivity index (χ0n) is 36.8. The molecule has 304 valence electrons. The Balaban J connectivity index is 1.20. The van der Waals surface area contributed by atoms with E-state index < -0.39 is 5.41 Å². The van der Waals surface area contributed by atoms with Crippen molar-refractivity contribution in [2.24, 2.45) is 0 Å². The number of allylic oxidation sites excluding steroid dienone is 3. The largest absolute Gasteiger partial charge is 0.456 e. The maximum atomic E-state index is 6.74. The lowest BCUT2D eigenvalue weighted by Gasteiger charge is -2.38. The lowest BCUT2D eigenvalue weighted by molar-refractivity contribution is 0.584. The van der Waals surface area contributed by atoms with E-state index in [-0.39, 0.29) is 10.8 Å². The van der Waals surface area contributed by atoms with Gasteiger partial charge >= 0.3 is 0 Å². The Morgan fingerprint density at radius 1 is 0.508 bits per heavy atom. The molecule has 2 heterocycles. The third-order valence-electron chi connectivity index (χ3n) is 14.4. The number of para-hydroxylation sites is 2. The highest BCUT2D eigenvalue weighted by molar-refractivity contribution is 6.22. The summed E-state index contributed by atoms with van der Waals surface area (Å²) < 4.78 is 6.74. The summed E-state index contributed by atoms with van der Waals surface area (Å²) in [5.41, 5.74) is 22.5. The highest BCUT2D eigenvalue weighted by atomic mass is 16.3.